The van der Waals surface area contributed by atoms with E-state index in [1.54, 1.807) is 19.2 Å². The normalized spacial score (nSPS) is 19.9. The third-order valence-corrected chi connectivity index (χ3v) is 5.95. The number of nitrogens with zero attached hydrogens (tertiary/aromatic N) is 3. The lowest BCUT2D eigenvalue weighted by molar-refractivity contribution is -0.274. The Labute approximate surface area is 178 Å². The van der Waals surface area contributed by atoms with Crippen molar-refractivity contribution in [2.45, 2.75) is 38.2 Å². The van der Waals surface area contributed by atoms with Crippen molar-refractivity contribution in [3.63, 3.8) is 0 Å². The predicted molar refractivity (Wildman–Crippen MR) is 104 cm³/mol. The minimum atomic E-state index is -4.81. The number of fused-ring (bicyclic) bond motifs is 3. The summed E-state index contributed by atoms with van der Waals surface area (Å²) in [5, 5.41) is 5.90. The second-order valence-electron chi connectivity index (χ2n) is 7.11. The first-order valence-electron chi connectivity index (χ1n) is 9.45. The maximum absolute atomic E-state index is 13.1. The summed E-state index contributed by atoms with van der Waals surface area (Å²) >= 11 is 1.40. The molecule has 1 N–H and O–H groups in total. The van der Waals surface area contributed by atoms with Crippen LogP contribution in [0.1, 0.15) is 18.9 Å². The van der Waals surface area contributed by atoms with E-state index in [1.165, 1.54) is 11.3 Å². The molecule has 0 aliphatic carbocycles. The minimum Gasteiger partial charge on any atom is -0.422 e. The third-order valence-electron chi connectivity index (χ3n) is 5.14. The van der Waals surface area contributed by atoms with Crippen LogP contribution in [-0.2, 0) is 16.0 Å². The van der Waals surface area contributed by atoms with Crippen LogP contribution in [0, 0.1) is 0 Å². The fraction of sp³-hybridized carbons (Fsp3) is 0.421. The van der Waals surface area contributed by atoms with Gasteiger partial charge in [0.2, 0.25) is 0 Å². The second kappa shape index (κ2) is 8.29. The minimum absolute atomic E-state index is 0.0871. The summed E-state index contributed by atoms with van der Waals surface area (Å²) in [6, 6.07) is 2.71. The molecule has 3 aliphatic heterocycles. The SMILES string of the molecule is CCc1cc(-c2nccs2)c2oc(N3CC4CC(C3)N4)nc2c1OC(F)(F)F.O=C=O. The lowest BCUT2D eigenvalue weighted by atomic mass is 9.92. The van der Waals surface area contributed by atoms with E-state index in [0.29, 0.717) is 53.7 Å². The molecule has 0 radical (unpaired) electrons. The number of alkyl halides is 3. The van der Waals surface area contributed by atoms with Crippen molar-refractivity contribution in [3.8, 4) is 16.3 Å². The monoisotopic (exact) mass is 454 g/mol. The Hall–Kier alpha value is -2.95. The fourth-order valence-corrected chi connectivity index (χ4v) is 4.57. The van der Waals surface area contributed by atoms with Gasteiger partial charge in [-0.25, -0.2) is 4.98 Å². The van der Waals surface area contributed by atoms with Crippen LogP contribution in [0.3, 0.4) is 0 Å². The van der Waals surface area contributed by atoms with Gasteiger partial charge in [-0.15, -0.1) is 24.5 Å². The van der Waals surface area contributed by atoms with E-state index in [0.717, 1.165) is 6.42 Å². The number of ether oxygens (including phenoxy) is 1. The van der Waals surface area contributed by atoms with Crippen LogP contribution in [0.5, 0.6) is 5.75 Å². The number of carbonyl (C=O) groups excluding carboxylic acids is 2. The van der Waals surface area contributed by atoms with Crippen molar-refractivity contribution in [2.75, 3.05) is 18.0 Å². The van der Waals surface area contributed by atoms with Crippen molar-refractivity contribution in [1.29, 1.82) is 0 Å². The summed E-state index contributed by atoms with van der Waals surface area (Å²) in [5.41, 5.74) is 1.41. The van der Waals surface area contributed by atoms with Crippen molar-refractivity contribution >= 4 is 34.6 Å². The molecule has 2 aromatic heterocycles. The number of aromatic nitrogens is 2. The first-order valence-corrected chi connectivity index (χ1v) is 10.3. The van der Waals surface area contributed by atoms with E-state index in [2.05, 4.69) is 20.0 Å². The molecule has 8 nitrogen and oxygen atoms in total. The number of piperazine rings is 1. The molecule has 2 unspecified atom stereocenters. The number of halogens is 3. The van der Waals surface area contributed by atoms with E-state index in [4.69, 9.17) is 14.0 Å². The average molecular weight is 454 g/mol. The van der Waals surface area contributed by atoms with E-state index in [1.807, 2.05) is 10.3 Å². The Morgan fingerprint density at radius 3 is 2.58 bits per heavy atom. The van der Waals surface area contributed by atoms with Crippen molar-refractivity contribution in [3.05, 3.63) is 23.2 Å². The van der Waals surface area contributed by atoms with E-state index >= 15 is 0 Å². The number of piperidine rings is 1. The van der Waals surface area contributed by atoms with Gasteiger partial charge in [-0.05, 0) is 24.5 Å². The van der Waals surface area contributed by atoms with Gasteiger partial charge in [-0.1, -0.05) is 6.92 Å². The molecule has 3 fully saturated rings. The van der Waals surface area contributed by atoms with Gasteiger partial charge in [-0.2, -0.15) is 14.6 Å². The third kappa shape index (κ3) is 4.27. The number of rotatable bonds is 4. The smallest absolute Gasteiger partial charge is 0.422 e. The number of benzene rings is 1. The van der Waals surface area contributed by atoms with Crippen LogP contribution in [-0.4, -0.2) is 47.7 Å². The first-order chi connectivity index (χ1) is 14.8. The van der Waals surface area contributed by atoms with E-state index in [-0.39, 0.29) is 23.0 Å². The Balaban J connectivity index is 0.000000730. The highest BCUT2D eigenvalue weighted by Crippen LogP contribution is 2.42. The van der Waals surface area contributed by atoms with Crippen LogP contribution in [0.15, 0.2) is 22.1 Å². The quantitative estimate of drug-likeness (QED) is 0.641. The van der Waals surface area contributed by atoms with Gasteiger partial charge < -0.3 is 19.4 Å². The number of thiazole rings is 1. The van der Waals surface area contributed by atoms with Gasteiger partial charge in [0.25, 0.3) is 6.01 Å². The molecule has 2 bridgehead atoms. The molecular weight excluding hydrogens is 437 g/mol. The summed E-state index contributed by atoms with van der Waals surface area (Å²) < 4.78 is 49.6. The predicted octanol–water partition coefficient (Wildman–Crippen LogP) is 3.38. The summed E-state index contributed by atoms with van der Waals surface area (Å²) in [4.78, 5) is 27.0. The number of anilines is 1. The van der Waals surface area contributed by atoms with Crippen LogP contribution in [0.4, 0.5) is 19.2 Å². The summed E-state index contributed by atoms with van der Waals surface area (Å²) in [6.45, 7) is 3.21. The van der Waals surface area contributed by atoms with Crippen molar-refractivity contribution < 1.29 is 31.9 Å². The summed E-state index contributed by atoms with van der Waals surface area (Å²) in [6.07, 6.45) is -1.45. The standard InChI is InChI=1S/C18H17F3N4O2S.CO2/c1-2-9-5-12(16-22-3-4-28-16)15-13(14(9)27-18(19,20)21)24-17(26-15)25-7-10-6-11(8-25)23-10;2-1-3/h3-5,10-11,23H,2,6-8H2,1H3;. The van der Waals surface area contributed by atoms with Gasteiger partial charge in [0, 0.05) is 36.8 Å². The zero-order chi connectivity index (χ0) is 22.2. The lowest BCUT2D eigenvalue weighted by Gasteiger charge is -2.47. The van der Waals surface area contributed by atoms with Gasteiger partial charge in [0.1, 0.15) is 5.01 Å². The molecule has 6 rings (SSSR count). The van der Waals surface area contributed by atoms with Crippen LogP contribution in [0.25, 0.3) is 21.7 Å². The molecule has 164 valence electrons. The lowest BCUT2D eigenvalue weighted by Crippen LogP contribution is -2.67. The number of hydrogen-bond acceptors (Lipinski definition) is 9. The molecule has 3 aliphatic rings. The van der Waals surface area contributed by atoms with Gasteiger partial charge in [-0.3, -0.25) is 0 Å². The van der Waals surface area contributed by atoms with Crippen LogP contribution < -0.4 is 15.0 Å². The number of hydrogen-bond donors (Lipinski definition) is 1. The van der Waals surface area contributed by atoms with Crippen molar-refractivity contribution in [1.82, 2.24) is 15.3 Å². The summed E-state index contributed by atoms with van der Waals surface area (Å²) in [7, 11) is 0. The molecule has 2 atom stereocenters. The molecule has 3 saturated heterocycles. The van der Waals surface area contributed by atoms with Crippen LogP contribution >= 0.6 is 11.3 Å². The van der Waals surface area contributed by atoms with Gasteiger partial charge in [0.05, 0.1) is 5.56 Å². The number of aryl methyl sites for hydroxylation is 1. The maximum Gasteiger partial charge on any atom is 0.573 e. The van der Waals surface area contributed by atoms with Gasteiger partial charge in [0.15, 0.2) is 16.8 Å². The molecule has 1 aromatic carbocycles. The molecule has 31 heavy (non-hydrogen) atoms. The highest BCUT2D eigenvalue weighted by Gasteiger charge is 2.39. The Morgan fingerprint density at radius 2 is 2.03 bits per heavy atom. The van der Waals surface area contributed by atoms with E-state index < -0.39 is 6.36 Å². The highest BCUT2D eigenvalue weighted by molar-refractivity contribution is 7.13. The Morgan fingerprint density at radius 1 is 1.35 bits per heavy atom. The molecule has 0 spiro atoms. The largest absolute Gasteiger partial charge is 0.573 e. The molecule has 3 aromatic rings. The Bertz CT molecular complexity index is 1090. The van der Waals surface area contributed by atoms with Crippen LogP contribution in [0.2, 0.25) is 0 Å². The van der Waals surface area contributed by atoms with Gasteiger partial charge >= 0.3 is 12.5 Å². The average Bonchev–Trinajstić information content (AvgIpc) is 3.38. The number of nitrogens with one attached hydrogen (secondary N) is 1. The first kappa shape index (κ1) is 21.3. The topological polar surface area (TPSA) is 97.6 Å². The highest BCUT2D eigenvalue weighted by atomic mass is 32.1. The fourth-order valence-electron chi connectivity index (χ4n) is 3.92. The zero-order valence-corrected chi connectivity index (χ0v) is 17.0. The molecule has 0 saturated carbocycles. The second-order valence-corrected chi connectivity index (χ2v) is 8.00. The van der Waals surface area contributed by atoms with E-state index in [9.17, 15) is 13.2 Å². The molecular formula is C19H17F3N4O4S. The Kier molecular flexibility index (Phi) is 5.69. The van der Waals surface area contributed by atoms with Crippen molar-refractivity contribution in [2.24, 2.45) is 0 Å². The number of oxazole rings is 1. The molecule has 12 heteroatoms. The zero-order valence-electron chi connectivity index (χ0n) is 16.2. The molecule has 0 amide bonds. The summed E-state index contributed by atoms with van der Waals surface area (Å²) in [5.74, 6) is -0.291. The molecule has 5 heterocycles. The maximum atomic E-state index is 13.1.